The van der Waals surface area contributed by atoms with Crippen molar-refractivity contribution < 1.29 is 4.79 Å². The Morgan fingerprint density at radius 2 is 1.79 bits per heavy atom. The maximum Gasteiger partial charge on any atom is 0.158 e. The molecular weight excluding hydrogens is 236 g/mol. The van der Waals surface area contributed by atoms with Gasteiger partial charge in [0.2, 0.25) is 0 Å². The van der Waals surface area contributed by atoms with E-state index in [4.69, 9.17) is 0 Å². The van der Waals surface area contributed by atoms with Crippen LogP contribution in [-0.2, 0) is 11.2 Å². The molecule has 0 bridgehead atoms. The minimum Gasteiger partial charge on any atom is -0.297 e. The zero-order chi connectivity index (χ0) is 14.3. The molecule has 0 radical (unpaired) electrons. The molecule has 0 aromatic carbocycles. The Balaban J connectivity index is 2.95. The highest BCUT2D eigenvalue weighted by Crippen LogP contribution is 2.26. The second-order valence-corrected chi connectivity index (χ2v) is 4.83. The molecule has 0 N–H and O–H groups in total. The second kappa shape index (κ2) is 7.39. The summed E-state index contributed by atoms with van der Waals surface area (Å²) in [6, 6.07) is 5.74. The highest BCUT2D eigenvalue weighted by atomic mass is 16.1. The van der Waals surface area contributed by atoms with Crippen LogP contribution in [0.25, 0.3) is 0 Å². The summed E-state index contributed by atoms with van der Waals surface area (Å²) in [4.78, 5) is 19.3. The number of nitrogens with zero attached hydrogens (tertiary/aromatic N) is 2. The number of carbonyl (C=O) groups is 1. The smallest absolute Gasteiger partial charge is 0.158 e. The molecule has 0 fully saturated rings. The van der Waals surface area contributed by atoms with Crippen LogP contribution in [0.15, 0.2) is 24.4 Å². The van der Waals surface area contributed by atoms with Gasteiger partial charge in [-0.3, -0.25) is 14.7 Å². The van der Waals surface area contributed by atoms with Gasteiger partial charge in [0.15, 0.2) is 5.78 Å². The molecule has 0 atom stereocenters. The monoisotopic (exact) mass is 262 g/mol. The van der Waals surface area contributed by atoms with Gasteiger partial charge >= 0.3 is 0 Å². The molecule has 106 valence electrons. The third kappa shape index (κ3) is 3.41. The molecule has 0 saturated carbocycles. The molecule has 0 amide bonds. The summed E-state index contributed by atoms with van der Waals surface area (Å²) in [5.74, 6) is 0.292. The van der Waals surface area contributed by atoms with Crippen LogP contribution in [0.5, 0.6) is 0 Å². The first-order valence-corrected chi connectivity index (χ1v) is 7.32. The van der Waals surface area contributed by atoms with Crippen molar-refractivity contribution in [2.24, 2.45) is 0 Å². The first-order chi connectivity index (χ1) is 9.14. The summed E-state index contributed by atoms with van der Waals surface area (Å²) in [6.07, 6.45) is 3.90. The van der Waals surface area contributed by atoms with E-state index in [2.05, 4.69) is 37.6 Å². The number of rotatable bonds is 8. The predicted octanol–water partition coefficient (Wildman–Crippen LogP) is 3.09. The van der Waals surface area contributed by atoms with E-state index in [9.17, 15) is 4.79 Å². The average molecular weight is 262 g/mol. The van der Waals surface area contributed by atoms with Crippen molar-refractivity contribution in [3.63, 3.8) is 0 Å². The zero-order valence-corrected chi connectivity index (χ0v) is 12.6. The van der Waals surface area contributed by atoms with Crippen LogP contribution in [-0.4, -0.2) is 34.3 Å². The molecule has 0 saturated heterocycles. The van der Waals surface area contributed by atoms with E-state index >= 15 is 0 Å². The third-order valence-electron chi connectivity index (χ3n) is 4.13. The Labute approximate surface area is 117 Å². The van der Waals surface area contributed by atoms with Gasteiger partial charge in [-0.2, -0.15) is 0 Å². The summed E-state index contributed by atoms with van der Waals surface area (Å²) in [6.45, 7) is 10.3. The predicted molar refractivity (Wildman–Crippen MR) is 79.2 cm³/mol. The minimum atomic E-state index is -0.332. The van der Waals surface area contributed by atoms with Crippen molar-refractivity contribution in [2.45, 2.75) is 52.5 Å². The van der Waals surface area contributed by atoms with Crippen LogP contribution in [0.2, 0.25) is 0 Å². The highest BCUT2D eigenvalue weighted by molar-refractivity contribution is 5.89. The summed E-state index contributed by atoms with van der Waals surface area (Å²) >= 11 is 0. The summed E-state index contributed by atoms with van der Waals surface area (Å²) in [7, 11) is 0. The van der Waals surface area contributed by atoms with Crippen molar-refractivity contribution in [3.8, 4) is 0 Å². The lowest BCUT2D eigenvalue weighted by molar-refractivity contribution is -0.131. The van der Waals surface area contributed by atoms with Gasteiger partial charge in [-0.1, -0.05) is 33.8 Å². The van der Waals surface area contributed by atoms with Gasteiger partial charge in [0.05, 0.1) is 12.0 Å². The molecule has 1 rings (SSSR count). The number of aromatic nitrogens is 1. The van der Waals surface area contributed by atoms with Crippen LogP contribution >= 0.6 is 0 Å². The SMILES string of the molecule is CCN(CC)C(CC)(CC)C(=O)Cc1ccccn1. The van der Waals surface area contributed by atoms with Gasteiger partial charge in [0.1, 0.15) is 0 Å². The fraction of sp³-hybridized carbons (Fsp3) is 0.625. The molecule has 1 aromatic heterocycles. The van der Waals surface area contributed by atoms with E-state index in [1.165, 1.54) is 0 Å². The molecule has 19 heavy (non-hydrogen) atoms. The molecule has 1 heterocycles. The normalized spacial score (nSPS) is 11.8. The molecule has 0 aliphatic rings. The van der Waals surface area contributed by atoms with Crippen LogP contribution < -0.4 is 0 Å². The van der Waals surface area contributed by atoms with E-state index < -0.39 is 0 Å². The lowest BCUT2D eigenvalue weighted by atomic mass is 9.83. The van der Waals surface area contributed by atoms with Gasteiger partial charge in [0.25, 0.3) is 0 Å². The summed E-state index contributed by atoms with van der Waals surface area (Å²) in [5.41, 5.74) is 0.534. The summed E-state index contributed by atoms with van der Waals surface area (Å²) < 4.78 is 0. The number of hydrogen-bond donors (Lipinski definition) is 0. The second-order valence-electron chi connectivity index (χ2n) is 4.83. The van der Waals surface area contributed by atoms with Crippen molar-refractivity contribution in [1.82, 2.24) is 9.88 Å². The molecule has 0 unspecified atom stereocenters. The minimum absolute atomic E-state index is 0.292. The number of Topliss-reactive ketones (excluding diaryl/α,β-unsaturated/α-hetero) is 1. The summed E-state index contributed by atoms with van der Waals surface area (Å²) in [5, 5.41) is 0. The van der Waals surface area contributed by atoms with Crippen LogP contribution in [0.1, 0.15) is 46.2 Å². The van der Waals surface area contributed by atoms with Crippen molar-refractivity contribution in [3.05, 3.63) is 30.1 Å². The zero-order valence-electron chi connectivity index (χ0n) is 12.6. The van der Waals surface area contributed by atoms with Crippen LogP contribution in [0.4, 0.5) is 0 Å². The third-order valence-corrected chi connectivity index (χ3v) is 4.13. The van der Waals surface area contributed by atoms with Crippen molar-refractivity contribution >= 4 is 5.78 Å². The first kappa shape index (κ1) is 15.8. The van der Waals surface area contributed by atoms with E-state index in [0.717, 1.165) is 31.6 Å². The average Bonchev–Trinajstić information content (AvgIpc) is 2.45. The van der Waals surface area contributed by atoms with Crippen molar-refractivity contribution in [1.29, 1.82) is 0 Å². The Bertz CT molecular complexity index is 381. The Morgan fingerprint density at radius 1 is 1.16 bits per heavy atom. The van der Waals surface area contributed by atoms with Crippen molar-refractivity contribution in [2.75, 3.05) is 13.1 Å². The van der Waals surface area contributed by atoms with Crippen LogP contribution in [0, 0.1) is 0 Å². The molecule has 0 spiro atoms. The van der Waals surface area contributed by atoms with E-state index in [-0.39, 0.29) is 5.54 Å². The van der Waals surface area contributed by atoms with E-state index in [0.29, 0.717) is 12.2 Å². The molecule has 3 heteroatoms. The van der Waals surface area contributed by atoms with E-state index in [1.54, 1.807) is 6.20 Å². The highest BCUT2D eigenvalue weighted by Gasteiger charge is 2.38. The fourth-order valence-corrected chi connectivity index (χ4v) is 2.93. The maximum atomic E-state index is 12.8. The molecule has 3 nitrogen and oxygen atoms in total. The lowest BCUT2D eigenvalue weighted by Gasteiger charge is -2.41. The number of ketones is 1. The number of carbonyl (C=O) groups excluding carboxylic acids is 1. The van der Waals surface area contributed by atoms with Gasteiger partial charge in [-0.05, 0) is 38.1 Å². The van der Waals surface area contributed by atoms with Gasteiger partial charge in [-0.25, -0.2) is 0 Å². The first-order valence-electron chi connectivity index (χ1n) is 7.32. The molecule has 0 aliphatic carbocycles. The Hall–Kier alpha value is -1.22. The number of hydrogen-bond acceptors (Lipinski definition) is 3. The quantitative estimate of drug-likeness (QED) is 0.722. The van der Waals surface area contributed by atoms with E-state index in [1.807, 2.05) is 18.2 Å². The van der Waals surface area contributed by atoms with Gasteiger partial charge in [0, 0.05) is 11.9 Å². The van der Waals surface area contributed by atoms with Gasteiger partial charge < -0.3 is 0 Å². The standard InChI is InChI=1S/C16H26N2O/c1-5-16(6-2,18(7-3)8-4)15(19)13-14-11-9-10-12-17-14/h9-12H,5-8,13H2,1-4H3. The van der Waals surface area contributed by atoms with Gasteiger partial charge in [-0.15, -0.1) is 0 Å². The Morgan fingerprint density at radius 3 is 2.21 bits per heavy atom. The largest absolute Gasteiger partial charge is 0.297 e. The molecular formula is C16H26N2O. The topological polar surface area (TPSA) is 33.2 Å². The molecule has 0 aliphatic heterocycles. The maximum absolute atomic E-state index is 12.8. The number of pyridine rings is 1. The Kier molecular flexibility index (Phi) is 6.16. The van der Waals surface area contributed by atoms with Crippen LogP contribution in [0.3, 0.4) is 0 Å². The lowest BCUT2D eigenvalue weighted by Crippen LogP contribution is -2.54. The fourth-order valence-electron chi connectivity index (χ4n) is 2.93. The number of likely N-dealkylation sites (N-methyl/N-ethyl adjacent to an activating group) is 1. The molecule has 1 aromatic rings.